The molecule has 0 unspecified atom stereocenters. The molecule has 2 heterocycles. The van der Waals surface area contributed by atoms with E-state index in [1.54, 1.807) is 4.68 Å². The van der Waals surface area contributed by atoms with Gasteiger partial charge in [-0.2, -0.15) is 4.68 Å². The van der Waals surface area contributed by atoms with Gasteiger partial charge in [-0.1, -0.05) is 30.0 Å². The molecule has 20 heavy (non-hydrogen) atoms. The van der Waals surface area contributed by atoms with Gasteiger partial charge in [0.15, 0.2) is 0 Å². The highest BCUT2D eigenvalue weighted by atomic mass is 32.2. The Balaban J connectivity index is 1.88. The van der Waals surface area contributed by atoms with Crippen molar-refractivity contribution in [1.29, 1.82) is 0 Å². The van der Waals surface area contributed by atoms with Crippen molar-refractivity contribution in [2.45, 2.75) is 36.8 Å². The monoisotopic (exact) mass is 290 g/mol. The zero-order valence-corrected chi connectivity index (χ0v) is 12.0. The number of aromatic nitrogens is 4. The summed E-state index contributed by atoms with van der Waals surface area (Å²) in [5, 5.41) is 12.1. The molecular weight excluding hydrogens is 276 g/mol. The number of esters is 1. The molecule has 0 aliphatic carbocycles. The van der Waals surface area contributed by atoms with Crippen LogP contribution in [0.1, 0.15) is 18.9 Å². The Morgan fingerprint density at radius 1 is 1.40 bits per heavy atom. The average molecular weight is 290 g/mol. The highest BCUT2D eigenvalue weighted by Crippen LogP contribution is 2.31. The van der Waals surface area contributed by atoms with Gasteiger partial charge in [-0.3, -0.25) is 4.79 Å². The molecule has 0 saturated carbocycles. The maximum absolute atomic E-state index is 11.7. The van der Waals surface area contributed by atoms with Gasteiger partial charge in [0.1, 0.15) is 11.4 Å². The summed E-state index contributed by atoms with van der Waals surface area (Å²) in [7, 11) is 0. The van der Waals surface area contributed by atoms with E-state index in [0.717, 1.165) is 11.3 Å². The number of para-hydroxylation sites is 1. The molecule has 0 bridgehead atoms. The Morgan fingerprint density at radius 3 is 2.90 bits per heavy atom. The van der Waals surface area contributed by atoms with Gasteiger partial charge in [0, 0.05) is 6.42 Å². The summed E-state index contributed by atoms with van der Waals surface area (Å²) < 4.78 is 6.82. The second-order valence-corrected chi connectivity index (χ2v) is 5.92. The summed E-state index contributed by atoms with van der Waals surface area (Å²) in [6.07, 6.45) is 0.646. The number of carbonyl (C=O) groups is 1. The van der Waals surface area contributed by atoms with Gasteiger partial charge in [-0.15, -0.1) is 5.10 Å². The van der Waals surface area contributed by atoms with Crippen LogP contribution in [-0.2, 0) is 9.53 Å². The van der Waals surface area contributed by atoms with Gasteiger partial charge in [-0.25, -0.2) is 0 Å². The maximum Gasteiger partial charge on any atom is 0.319 e. The lowest BCUT2D eigenvalue weighted by molar-refractivity contribution is -0.140. The first kappa shape index (κ1) is 13.1. The maximum atomic E-state index is 11.7. The van der Waals surface area contributed by atoms with Crippen LogP contribution < -0.4 is 0 Å². The molecule has 6 nitrogen and oxygen atoms in total. The number of tetrazole rings is 1. The number of thioether (sulfide) groups is 1. The van der Waals surface area contributed by atoms with Gasteiger partial charge in [-0.05, 0) is 35.9 Å². The molecule has 1 aromatic heterocycles. The number of rotatable bonds is 3. The smallest absolute Gasteiger partial charge is 0.319 e. The first-order valence-corrected chi connectivity index (χ1v) is 7.24. The van der Waals surface area contributed by atoms with Crippen molar-refractivity contribution >= 4 is 17.7 Å². The van der Waals surface area contributed by atoms with Crippen LogP contribution in [0.3, 0.4) is 0 Å². The number of nitrogens with zero attached hydrogens (tertiary/aromatic N) is 4. The number of cyclic esters (lactones) is 1. The third-order valence-electron chi connectivity index (χ3n) is 3.16. The number of ether oxygens (including phenoxy) is 1. The minimum atomic E-state index is -0.237. The normalized spacial score (nSPS) is 22.0. The zero-order chi connectivity index (χ0) is 14.1. The van der Waals surface area contributed by atoms with Crippen LogP contribution in [-0.4, -0.2) is 37.5 Å². The molecule has 0 amide bonds. The van der Waals surface area contributed by atoms with E-state index in [9.17, 15) is 4.79 Å². The Bertz CT molecular complexity index is 643. The van der Waals surface area contributed by atoms with Gasteiger partial charge in [0.25, 0.3) is 0 Å². The van der Waals surface area contributed by atoms with E-state index in [-0.39, 0.29) is 17.3 Å². The fourth-order valence-electron chi connectivity index (χ4n) is 2.15. The summed E-state index contributed by atoms with van der Waals surface area (Å²) in [6.45, 7) is 3.89. The van der Waals surface area contributed by atoms with E-state index in [1.807, 2.05) is 38.1 Å². The molecular formula is C13H14N4O2S. The molecule has 2 aromatic rings. The van der Waals surface area contributed by atoms with Gasteiger partial charge < -0.3 is 4.74 Å². The van der Waals surface area contributed by atoms with E-state index in [2.05, 4.69) is 15.5 Å². The highest BCUT2D eigenvalue weighted by molar-refractivity contribution is 8.00. The lowest BCUT2D eigenvalue weighted by Crippen LogP contribution is -2.11. The first-order valence-electron chi connectivity index (χ1n) is 6.36. The van der Waals surface area contributed by atoms with Gasteiger partial charge in [0.05, 0.1) is 5.69 Å². The number of carbonyl (C=O) groups excluding carboxylic acids is 1. The van der Waals surface area contributed by atoms with Crippen LogP contribution in [0, 0.1) is 6.92 Å². The number of benzene rings is 1. The van der Waals surface area contributed by atoms with Crippen molar-refractivity contribution in [3.63, 3.8) is 0 Å². The van der Waals surface area contributed by atoms with Crippen molar-refractivity contribution in [2.75, 3.05) is 0 Å². The molecule has 1 aromatic carbocycles. The van der Waals surface area contributed by atoms with E-state index in [0.29, 0.717) is 11.6 Å². The second-order valence-electron chi connectivity index (χ2n) is 4.75. The Kier molecular flexibility index (Phi) is 3.43. The van der Waals surface area contributed by atoms with Crippen molar-refractivity contribution in [1.82, 2.24) is 20.2 Å². The molecule has 3 rings (SSSR count). The van der Waals surface area contributed by atoms with Crippen LogP contribution >= 0.6 is 11.8 Å². The van der Waals surface area contributed by atoms with Crippen LogP contribution in [0.2, 0.25) is 0 Å². The predicted molar refractivity (Wildman–Crippen MR) is 73.7 cm³/mol. The van der Waals surface area contributed by atoms with Crippen molar-refractivity contribution < 1.29 is 9.53 Å². The Morgan fingerprint density at radius 2 is 2.20 bits per heavy atom. The van der Waals surface area contributed by atoms with Crippen LogP contribution in [0.15, 0.2) is 29.4 Å². The number of hydrogen-bond donors (Lipinski definition) is 0. The summed E-state index contributed by atoms with van der Waals surface area (Å²) >= 11 is 1.35. The fourth-order valence-corrected chi connectivity index (χ4v) is 3.24. The number of aryl methyl sites for hydroxylation is 1. The fraction of sp³-hybridized carbons (Fsp3) is 0.385. The quantitative estimate of drug-likeness (QED) is 0.802. The molecule has 2 atom stereocenters. The minimum Gasteiger partial charge on any atom is -0.462 e. The molecule has 0 N–H and O–H groups in total. The predicted octanol–water partition coefficient (Wildman–Crippen LogP) is 1.77. The largest absolute Gasteiger partial charge is 0.462 e. The lowest BCUT2D eigenvalue weighted by Gasteiger charge is -2.08. The van der Waals surface area contributed by atoms with Crippen LogP contribution in [0.4, 0.5) is 0 Å². The summed E-state index contributed by atoms with van der Waals surface area (Å²) in [5.74, 6) is -0.193. The molecule has 1 aliphatic heterocycles. The van der Waals surface area contributed by atoms with Crippen LogP contribution in [0.25, 0.3) is 5.69 Å². The highest BCUT2D eigenvalue weighted by Gasteiger charge is 2.34. The molecule has 0 spiro atoms. The molecule has 104 valence electrons. The van der Waals surface area contributed by atoms with E-state index >= 15 is 0 Å². The van der Waals surface area contributed by atoms with E-state index in [1.165, 1.54) is 11.8 Å². The topological polar surface area (TPSA) is 69.9 Å². The zero-order valence-electron chi connectivity index (χ0n) is 11.2. The molecule has 1 aliphatic rings. The molecule has 7 heteroatoms. The standard InChI is InChI=1S/C13H14N4O2S/c1-8-5-3-4-6-10(8)17-13(14-15-16-17)20-11-7-9(2)19-12(11)18/h3-6,9,11H,7H2,1-2H3/t9-,11+/m1/s1. The Hall–Kier alpha value is -1.89. The number of hydrogen-bond acceptors (Lipinski definition) is 6. The third-order valence-corrected chi connectivity index (χ3v) is 4.29. The minimum absolute atomic E-state index is 0.0391. The SMILES string of the molecule is Cc1ccccc1-n1nnnc1S[C@H]1C[C@@H](C)OC1=O. The summed E-state index contributed by atoms with van der Waals surface area (Å²) in [6, 6.07) is 7.85. The lowest BCUT2D eigenvalue weighted by atomic mass is 10.2. The van der Waals surface area contributed by atoms with Crippen molar-refractivity contribution in [2.24, 2.45) is 0 Å². The van der Waals surface area contributed by atoms with Crippen LogP contribution in [0.5, 0.6) is 0 Å². The summed E-state index contributed by atoms with van der Waals surface area (Å²) in [5.41, 5.74) is 1.99. The molecule has 1 saturated heterocycles. The van der Waals surface area contributed by atoms with Gasteiger partial charge in [0.2, 0.25) is 5.16 Å². The van der Waals surface area contributed by atoms with Crippen molar-refractivity contribution in [3.05, 3.63) is 29.8 Å². The third kappa shape index (κ3) is 2.40. The summed E-state index contributed by atoms with van der Waals surface area (Å²) in [4.78, 5) is 11.7. The average Bonchev–Trinajstić information content (AvgIpc) is 2.98. The van der Waals surface area contributed by atoms with Crippen molar-refractivity contribution in [3.8, 4) is 5.69 Å². The molecule has 1 fully saturated rings. The second kappa shape index (κ2) is 5.24. The van der Waals surface area contributed by atoms with E-state index < -0.39 is 0 Å². The van der Waals surface area contributed by atoms with E-state index in [4.69, 9.17) is 4.74 Å². The van der Waals surface area contributed by atoms with Gasteiger partial charge >= 0.3 is 5.97 Å². The Labute approximate surface area is 120 Å². The molecule has 0 radical (unpaired) electrons. The first-order chi connectivity index (χ1) is 9.65.